The van der Waals surface area contributed by atoms with Crippen LogP contribution in [-0.4, -0.2) is 44.8 Å². The van der Waals surface area contributed by atoms with Crippen LogP contribution in [0.15, 0.2) is 47.2 Å². The van der Waals surface area contributed by atoms with Crippen molar-refractivity contribution in [2.45, 2.75) is 4.90 Å². The van der Waals surface area contributed by atoms with Crippen molar-refractivity contribution in [1.82, 2.24) is 5.32 Å². The summed E-state index contributed by atoms with van der Waals surface area (Å²) in [5, 5.41) is 16.1. The van der Waals surface area contributed by atoms with Crippen molar-refractivity contribution >= 4 is 42.4 Å². The second kappa shape index (κ2) is 7.32. The Morgan fingerprint density at radius 1 is 1.15 bits per heavy atom. The molecule has 2 rings (SSSR count). The third kappa shape index (κ3) is 4.94. The van der Waals surface area contributed by atoms with E-state index >= 15 is 0 Å². The number of hydrogen-bond donors (Lipinski definition) is 4. The van der Waals surface area contributed by atoms with E-state index in [1.165, 1.54) is 18.2 Å². The van der Waals surface area contributed by atoms with Crippen molar-refractivity contribution in [3.63, 3.8) is 0 Å². The lowest BCUT2D eigenvalue weighted by Gasteiger charge is -2.09. The molecule has 2 aromatic rings. The molecule has 0 heterocycles. The lowest BCUT2D eigenvalue weighted by Crippen LogP contribution is -2.32. The van der Waals surface area contributed by atoms with Crippen molar-refractivity contribution in [2.75, 3.05) is 17.6 Å². The van der Waals surface area contributed by atoms with Gasteiger partial charge in [-0.05, 0) is 29.7 Å². The monoisotopic (exact) mass is 400 g/mol. The predicted octanol–water partition coefficient (Wildman–Crippen LogP) is 1.47. The van der Waals surface area contributed by atoms with Crippen molar-refractivity contribution in [3.05, 3.63) is 42.3 Å². The Bertz CT molecular complexity index is 1080. The molecule has 0 atom stereocenters. The van der Waals surface area contributed by atoms with Crippen molar-refractivity contribution in [3.8, 4) is 5.75 Å². The SMILES string of the molecule is C=CS(=O)(=O)CCNC(=O)Nc1ccc2c(O)cc(S(=O)(=O)O)cc2c1. The third-order valence-electron chi connectivity index (χ3n) is 3.39. The summed E-state index contributed by atoms with van der Waals surface area (Å²) in [6.07, 6.45) is 0. The van der Waals surface area contributed by atoms with Gasteiger partial charge in [0, 0.05) is 29.1 Å². The van der Waals surface area contributed by atoms with Crippen LogP contribution in [0, 0.1) is 0 Å². The number of phenols is 1. The van der Waals surface area contributed by atoms with Gasteiger partial charge in [-0.3, -0.25) is 4.55 Å². The van der Waals surface area contributed by atoms with E-state index in [2.05, 4.69) is 17.2 Å². The molecule has 26 heavy (non-hydrogen) atoms. The number of urea groups is 1. The summed E-state index contributed by atoms with van der Waals surface area (Å²) in [6.45, 7) is 3.04. The first-order chi connectivity index (χ1) is 12.0. The van der Waals surface area contributed by atoms with Gasteiger partial charge in [0.25, 0.3) is 10.1 Å². The van der Waals surface area contributed by atoms with Crippen LogP contribution in [0.5, 0.6) is 5.75 Å². The third-order valence-corrected chi connectivity index (χ3v) is 5.50. The summed E-state index contributed by atoms with van der Waals surface area (Å²) in [7, 11) is -7.93. The number of carbonyl (C=O) groups excluding carboxylic acids is 1. The zero-order valence-electron chi connectivity index (χ0n) is 13.3. The number of aromatic hydroxyl groups is 1. The topological polar surface area (TPSA) is 150 Å². The maximum Gasteiger partial charge on any atom is 0.319 e. The van der Waals surface area contributed by atoms with E-state index in [0.29, 0.717) is 5.39 Å². The second-order valence-electron chi connectivity index (χ2n) is 5.27. The number of phenolic OH excluding ortho intramolecular Hbond substituents is 1. The molecule has 0 bridgehead atoms. The molecule has 0 saturated heterocycles. The number of rotatable bonds is 6. The van der Waals surface area contributed by atoms with Crippen molar-refractivity contribution in [2.24, 2.45) is 0 Å². The summed E-state index contributed by atoms with van der Waals surface area (Å²) in [4.78, 5) is 11.3. The quantitative estimate of drug-likeness (QED) is 0.536. The summed E-state index contributed by atoms with van der Waals surface area (Å²) >= 11 is 0. The first-order valence-electron chi connectivity index (χ1n) is 7.16. The Morgan fingerprint density at radius 3 is 2.46 bits per heavy atom. The number of hydrogen-bond acceptors (Lipinski definition) is 6. The molecule has 0 unspecified atom stereocenters. The Labute approximate surface area is 150 Å². The highest BCUT2D eigenvalue weighted by Crippen LogP contribution is 2.30. The average Bonchev–Trinajstić information content (AvgIpc) is 2.53. The number of carbonyl (C=O) groups is 1. The highest BCUT2D eigenvalue weighted by molar-refractivity contribution is 7.94. The molecule has 0 aromatic heterocycles. The van der Waals surface area contributed by atoms with E-state index in [-0.39, 0.29) is 29.1 Å². The van der Waals surface area contributed by atoms with Crippen LogP contribution < -0.4 is 10.6 Å². The van der Waals surface area contributed by atoms with Gasteiger partial charge < -0.3 is 15.7 Å². The number of sulfone groups is 1. The first kappa shape index (κ1) is 19.7. The zero-order chi connectivity index (χ0) is 19.5. The molecule has 0 spiro atoms. The number of anilines is 1. The summed E-state index contributed by atoms with van der Waals surface area (Å²) in [6, 6.07) is 5.70. The Balaban J connectivity index is 2.18. The molecular weight excluding hydrogens is 384 g/mol. The molecule has 0 aliphatic carbocycles. The fraction of sp³-hybridized carbons (Fsp3) is 0.133. The predicted molar refractivity (Wildman–Crippen MR) is 96.4 cm³/mol. The highest BCUT2D eigenvalue weighted by atomic mass is 32.2. The normalized spacial score (nSPS) is 11.9. The number of fused-ring (bicyclic) bond motifs is 1. The van der Waals surface area contributed by atoms with E-state index < -0.39 is 30.9 Å². The largest absolute Gasteiger partial charge is 0.507 e. The summed E-state index contributed by atoms with van der Waals surface area (Å²) in [5.74, 6) is -0.645. The van der Waals surface area contributed by atoms with Crippen LogP contribution in [0.2, 0.25) is 0 Å². The molecule has 11 heteroatoms. The molecule has 2 amide bonds. The van der Waals surface area contributed by atoms with Gasteiger partial charge in [-0.15, -0.1) is 0 Å². The molecule has 0 aliphatic rings. The summed E-state index contributed by atoms with van der Waals surface area (Å²) < 4.78 is 54.0. The van der Waals surface area contributed by atoms with Gasteiger partial charge >= 0.3 is 6.03 Å². The van der Waals surface area contributed by atoms with E-state index in [4.69, 9.17) is 4.55 Å². The van der Waals surface area contributed by atoms with Crippen LogP contribution in [0.4, 0.5) is 10.5 Å². The Hall–Kier alpha value is -2.63. The van der Waals surface area contributed by atoms with Crippen molar-refractivity contribution < 1.29 is 31.3 Å². The first-order valence-corrected chi connectivity index (χ1v) is 10.3. The van der Waals surface area contributed by atoms with Gasteiger partial charge in [-0.25, -0.2) is 13.2 Å². The fourth-order valence-corrected chi connectivity index (χ4v) is 3.20. The molecule has 9 nitrogen and oxygen atoms in total. The molecule has 0 aliphatic heterocycles. The number of nitrogens with one attached hydrogen (secondary N) is 2. The number of amides is 2. The van der Waals surface area contributed by atoms with Gasteiger partial charge in [-0.1, -0.05) is 6.58 Å². The lowest BCUT2D eigenvalue weighted by molar-refractivity contribution is 0.252. The van der Waals surface area contributed by atoms with E-state index in [1.54, 1.807) is 0 Å². The second-order valence-corrected chi connectivity index (χ2v) is 8.76. The fourth-order valence-electron chi connectivity index (χ4n) is 2.11. The molecular formula is C15H16N2O7S2. The van der Waals surface area contributed by atoms with Crippen LogP contribution in [0.25, 0.3) is 10.8 Å². The summed E-state index contributed by atoms with van der Waals surface area (Å²) in [5.41, 5.74) is 0.272. The minimum Gasteiger partial charge on any atom is -0.507 e. The molecule has 0 radical (unpaired) electrons. The van der Waals surface area contributed by atoms with Gasteiger partial charge in [0.05, 0.1) is 10.6 Å². The molecule has 4 N–H and O–H groups in total. The standard InChI is InChI=1S/C15H16N2O7S2/c1-2-25(20,21)6-5-16-15(19)17-11-3-4-13-10(7-11)8-12(9-14(13)18)26(22,23)24/h2-4,7-9,18H,1,5-6H2,(H2,16,17,19)(H,22,23,24). The Kier molecular flexibility index (Phi) is 5.54. The maximum atomic E-state index is 11.8. The minimum absolute atomic E-state index is 0.124. The lowest BCUT2D eigenvalue weighted by atomic mass is 10.1. The van der Waals surface area contributed by atoms with Gasteiger partial charge in [-0.2, -0.15) is 8.42 Å². The number of benzene rings is 2. The van der Waals surface area contributed by atoms with Crippen LogP contribution in [0.1, 0.15) is 0 Å². The Morgan fingerprint density at radius 2 is 1.85 bits per heavy atom. The molecule has 2 aromatic carbocycles. The minimum atomic E-state index is -4.51. The molecule has 140 valence electrons. The van der Waals surface area contributed by atoms with E-state index in [0.717, 1.165) is 17.5 Å². The van der Waals surface area contributed by atoms with Crippen LogP contribution in [0.3, 0.4) is 0 Å². The zero-order valence-corrected chi connectivity index (χ0v) is 15.0. The molecule has 0 saturated carbocycles. The molecule has 0 fully saturated rings. The van der Waals surface area contributed by atoms with Gasteiger partial charge in [0.15, 0.2) is 9.84 Å². The van der Waals surface area contributed by atoms with Crippen LogP contribution in [-0.2, 0) is 20.0 Å². The maximum absolute atomic E-state index is 11.8. The van der Waals surface area contributed by atoms with E-state index in [9.17, 15) is 26.7 Å². The highest BCUT2D eigenvalue weighted by Gasteiger charge is 2.14. The smallest absolute Gasteiger partial charge is 0.319 e. The average molecular weight is 400 g/mol. The van der Waals surface area contributed by atoms with Gasteiger partial charge in [0.2, 0.25) is 0 Å². The van der Waals surface area contributed by atoms with E-state index in [1.807, 2.05) is 0 Å². The van der Waals surface area contributed by atoms with Crippen molar-refractivity contribution in [1.29, 1.82) is 0 Å². The van der Waals surface area contributed by atoms with Gasteiger partial charge in [0.1, 0.15) is 5.75 Å². The van der Waals surface area contributed by atoms with Crippen LogP contribution >= 0.6 is 0 Å².